The van der Waals surface area contributed by atoms with Crippen LogP contribution in [-0.4, -0.2) is 48.4 Å². The van der Waals surface area contributed by atoms with Crippen molar-refractivity contribution in [3.05, 3.63) is 30.1 Å². The Kier molecular flexibility index (Phi) is 3.82. The molecular formula is C12H13N7OS. The number of para-hydroxylation sites is 2. The summed E-state index contributed by atoms with van der Waals surface area (Å²) in [5.41, 5.74) is 1.63. The number of benzene rings is 1. The number of imidazole rings is 1. The van der Waals surface area contributed by atoms with Gasteiger partial charge in [0.15, 0.2) is 5.82 Å². The van der Waals surface area contributed by atoms with E-state index < -0.39 is 0 Å². The summed E-state index contributed by atoms with van der Waals surface area (Å²) in [5.74, 6) is 0.782. The zero-order chi connectivity index (χ0) is 14.7. The van der Waals surface area contributed by atoms with Crippen molar-refractivity contribution in [3.63, 3.8) is 0 Å². The van der Waals surface area contributed by atoms with Crippen LogP contribution in [0.3, 0.4) is 0 Å². The fourth-order valence-electron chi connectivity index (χ4n) is 1.79. The molecule has 0 bridgehead atoms. The number of nitrogens with zero attached hydrogens (tertiary/aromatic N) is 5. The second-order valence-corrected chi connectivity index (χ2v) is 5.35. The van der Waals surface area contributed by atoms with E-state index in [1.807, 2.05) is 24.3 Å². The molecule has 108 valence electrons. The highest BCUT2D eigenvalue weighted by atomic mass is 32.2. The van der Waals surface area contributed by atoms with Gasteiger partial charge in [-0.25, -0.2) is 9.67 Å². The standard InChI is InChI=1S/C12H13N7OS/c1-19-12(16-17-18-19)21-7-6-13-11(20)10-14-8-4-2-3-5-9(8)15-10/h2-5H,6-7H2,1H3,(H,13,20)(H,14,15). The molecule has 1 aromatic carbocycles. The highest BCUT2D eigenvalue weighted by Gasteiger charge is 2.10. The Balaban J connectivity index is 1.53. The summed E-state index contributed by atoms with van der Waals surface area (Å²) >= 11 is 1.48. The Hall–Kier alpha value is -2.42. The number of carbonyl (C=O) groups is 1. The first-order valence-electron chi connectivity index (χ1n) is 6.32. The molecule has 0 aliphatic carbocycles. The summed E-state index contributed by atoms with van der Waals surface area (Å²) in [6.45, 7) is 0.507. The number of H-pyrrole nitrogens is 1. The van der Waals surface area contributed by atoms with Crippen LogP contribution in [0.15, 0.2) is 29.4 Å². The number of carbonyl (C=O) groups excluding carboxylic acids is 1. The van der Waals surface area contributed by atoms with Crippen LogP contribution in [0.25, 0.3) is 11.0 Å². The second kappa shape index (κ2) is 5.92. The van der Waals surface area contributed by atoms with Crippen molar-refractivity contribution in [2.75, 3.05) is 12.3 Å². The number of aryl methyl sites for hydroxylation is 1. The van der Waals surface area contributed by atoms with Crippen molar-refractivity contribution in [1.29, 1.82) is 0 Å². The van der Waals surface area contributed by atoms with Crippen LogP contribution < -0.4 is 5.32 Å². The first kappa shape index (κ1) is 13.6. The largest absolute Gasteiger partial charge is 0.349 e. The van der Waals surface area contributed by atoms with Crippen LogP contribution in [0.1, 0.15) is 10.6 Å². The third-order valence-corrected chi connectivity index (χ3v) is 3.82. The van der Waals surface area contributed by atoms with Crippen molar-refractivity contribution in [2.24, 2.45) is 7.05 Å². The van der Waals surface area contributed by atoms with Crippen molar-refractivity contribution in [2.45, 2.75) is 5.16 Å². The van der Waals surface area contributed by atoms with Gasteiger partial charge in [-0.1, -0.05) is 23.9 Å². The summed E-state index contributed by atoms with van der Waals surface area (Å²) in [5, 5.41) is 14.7. The maximum atomic E-state index is 12.0. The van der Waals surface area contributed by atoms with Crippen molar-refractivity contribution in [1.82, 2.24) is 35.5 Å². The topological polar surface area (TPSA) is 101 Å². The Labute approximate surface area is 124 Å². The molecule has 0 aliphatic rings. The average Bonchev–Trinajstić information content (AvgIpc) is 3.09. The first-order chi connectivity index (χ1) is 10.2. The Morgan fingerprint density at radius 2 is 2.29 bits per heavy atom. The van der Waals surface area contributed by atoms with Crippen molar-refractivity contribution < 1.29 is 4.79 Å². The second-order valence-electron chi connectivity index (χ2n) is 4.29. The van der Waals surface area contributed by atoms with Crippen LogP contribution in [0.2, 0.25) is 0 Å². The number of hydrogen-bond donors (Lipinski definition) is 2. The number of aromatic nitrogens is 6. The molecule has 2 N–H and O–H groups in total. The maximum Gasteiger partial charge on any atom is 0.287 e. The zero-order valence-electron chi connectivity index (χ0n) is 11.3. The molecule has 2 aromatic heterocycles. The van der Waals surface area contributed by atoms with Crippen molar-refractivity contribution >= 4 is 28.7 Å². The lowest BCUT2D eigenvalue weighted by molar-refractivity contribution is 0.0947. The number of tetrazole rings is 1. The highest BCUT2D eigenvalue weighted by Crippen LogP contribution is 2.12. The summed E-state index contributed by atoms with van der Waals surface area (Å²) in [6, 6.07) is 7.53. The van der Waals surface area contributed by atoms with E-state index >= 15 is 0 Å². The minimum atomic E-state index is -0.220. The average molecular weight is 303 g/mol. The first-order valence-corrected chi connectivity index (χ1v) is 7.31. The van der Waals surface area contributed by atoms with E-state index in [-0.39, 0.29) is 5.91 Å². The number of fused-ring (bicyclic) bond motifs is 1. The third kappa shape index (κ3) is 3.02. The molecular weight excluding hydrogens is 290 g/mol. The fraction of sp³-hybridized carbons (Fsp3) is 0.250. The molecule has 0 fully saturated rings. The van der Waals surface area contributed by atoms with E-state index in [0.717, 1.165) is 11.0 Å². The summed E-state index contributed by atoms with van der Waals surface area (Å²) in [4.78, 5) is 19.2. The lowest BCUT2D eigenvalue weighted by atomic mass is 10.3. The Bertz CT molecular complexity index is 733. The van der Waals surface area contributed by atoms with Gasteiger partial charge in [-0.05, 0) is 22.6 Å². The molecule has 0 aliphatic heterocycles. The molecule has 3 rings (SSSR count). The Morgan fingerprint density at radius 3 is 3.05 bits per heavy atom. The normalized spacial score (nSPS) is 10.9. The van der Waals surface area contributed by atoms with Crippen LogP contribution in [-0.2, 0) is 7.05 Å². The van der Waals surface area contributed by atoms with Gasteiger partial charge in [0.2, 0.25) is 5.16 Å². The zero-order valence-corrected chi connectivity index (χ0v) is 12.1. The molecule has 21 heavy (non-hydrogen) atoms. The monoisotopic (exact) mass is 303 g/mol. The van der Waals surface area contributed by atoms with Gasteiger partial charge in [0.25, 0.3) is 5.91 Å². The molecule has 0 unspecified atom stereocenters. The molecule has 0 atom stereocenters. The SMILES string of the molecule is Cn1nnnc1SCCNC(=O)c1nc2ccccc2[nH]1. The van der Waals surface area contributed by atoms with Gasteiger partial charge in [-0.3, -0.25) is 4.79 Å². The number of thioether (sulfide) groups is 1. The van der Waals surface area contributed by atoms with Gasteiger partial charge in [-0.2, -0.15) is 0 Å². The quantitative estimate of drug-likeness (QED) is 0.529. The molecule has 3 aromatic rings. The highest BCUT2D eigenvalue weighted by molar-refractivity contribution is 7.99. The summed E-state index contributed by atoms with van der Waals surface area (Å²) in [6.07, 6.45) is 0. The predicted octanol–water partition coefficient (Wildman–Crippen LogP) is 0.608. The molecule has 0 saturated carbocycles. The van der Waals surface area contributed by atoms with Gasteiger partial charge < -0.3 is 10.3 Å². The number of hydrogen-bond acceptors (Lipinski definition) is 6. The minimum Gasteiger partial charge on any atom is -0.349 e. The molecule has 8 nitrogen and oxygen atoms in total. The molecule has 0 saturated heterocycles. The van der Waals surface area contributed by atoms with Crippen LogP contribution in [0, 0.1) is 0 Å². The summed E-state index contributed by atoms with van der Waals surface area (Å²) in [7, 11) is 1.77. The van der Waals surface area contributed by atoms with Crippen LogP contribution in [0.5, 0.6) is 0 Å². The van der Waals surface area contributed by atoms with E-state index in [4.69, 9.17) is 0 Å². The van der Waals surface area contributed by atoms with E-state index in [9.17, 15) is 4.79 Å². The molecule has 2 heterocycles. The predicted molar refractivity (Wildman–Crippen MR) is 77.9 cm³/mol. The van der Waals surface area contributed by atoms with Crippen LogP contribution >= 0.6 is 11.8 Å². The Morgan fingerprint density at radius 1 is 1.43 bits per heavy atom. The number of amides is 1. The van der Waals surface area contributed by atoms with E-state index in [2.05, 4.69) is 30.8 Å². The molecule has 1 amide bonds. The van der Waals surface area contributed by atoms with Gasteiger partial charge in [-0.15, -0.1) is 5.10 Å². The van der Waals surface area contributed by atoms with Gasteiger partial charge in [0.1, 0.15) is 0 Å². The van der Waals surface area contributed by atoms with E-state index in [1.54, 1.807) is 11.7 Å². The smallest absolute Gasteiger partial charge is 0.287 e. The van der Waals surface area contributed by atoms with Crippen LogP contribution in [0.4, 0.5) is 0 Å². The molecule has 0 radical (unpaired) electrons. The number of aromatic amines is 1. The third-order valence-electron chi connectivity index (χ3n) is 2.80. The molecule has 9 heteroatoms. The maximum absolute atomic E-state index is 12.0. The van der Waals surface area contributed by atoms with E-state index in [1.165, 1.54) is 11.8 Å². The minimum absolute atomic E-state index is 0.220. The van der Waals surface area contributed by atoms with Gasteiger partial charge in [0.05, 0.1) is 11.0 Å². The lowest BCUT2D eigenvalue weighted by Crippen LogP contribution is -2.26. The number of rotatable bonds is 5. The van der Waals surface area contributed by atoms with E-state index in [0.29, 0.717) is 23.3 Å². The summed E-state index contributed by atoms with van der Waals surface area (Å²) < 4.78 is 1.59. The van der Waals surface area contributed by atoms with Crippen molar-refractivity contribution in [3.8, 4) is 0 Å². The number of nitrogens with one attached hydrogen (secondary N) is 2. The molecule has 0 spiro atoms. The fourth-order valence-corrected chi connectivity index (χ4v) is 2.50. The lowest BCUT2D eigenvalue weighted by Gasteiger charge is -2.02. The van der Waals surface area contributed by atoms with Gasteiger partial charge in [0, 0.05) is 19.3 Å². The van der Waals surface area contributed by atoms with Gasteiger partial charge >= 0.3 is 0 Å².